The van der Waals surface area contributed by atoms with E-state index in [0.717, 1.165) is 4.57 Å². The quantitative estimate of drug-likeness (QED) is 0.174. The third-order valence-corrected chi connectivity index (χ3v) is 7.42. The highest BCUT2D eigenvalue weighted by atomic mass is 31.2. The Morgan fingerprint density at radius 1 is 1.27 bits per heavy atom. The third-order valence-electron chi connectivity index (χ3n) is 5.79. The maximum atomic E-state index is 16.0. The van der Waals surface area contributed by atoms with Crippen LogP contribution in [0.1, 0.15) is 33.9 Å². The molecule has 1 aromatic carbocycles. The van der Waals surface area contributed by atoms with Crippen LogP contribution in [0.5, 0.6) is 11.6 Å². The average molecular weight is 599 g/mol. The lowest BCUT2D eigenvalue weighted by atomic mass is 10.1. The molecular weight excluding hydrogens is 566 g/mol. The van der Waals surface area contributed by atoms with E-state index in [1.165, 1.54) is 25.4 Å². The second-order valence-corrected chi connectivity index (χ2v) is 11.1. The lowest BCUT2D eigenvalue weighted by Crippen LogP contribution is -2.44. The number of nitrogens with zero attached hydrogens (tertiary/aromatic N) is 4. The average Bonchev–Trinajstić information content (AvgIpc) is 3.42. The van der Waals surface area contributed by atoms with Crippen molar-refractivity contribution in [2.45, 2.75) is 64.1 Å². The van der Waals surface area contributed by atoms with E-state index in [-0.39, 0.29) is 35.3 Å². The highest BCUT2D eigenvalue weighted by Gasteiger charge is 2.57. The molecule has 0 spiro atoms. The van der Waals surface area contributed by atoms with Crippen LogP contribution in [0.3, 0.4) is 0 Å². The van der Waals surface area contributed by atoms with E-state index in [1.807, 2.05) is 0 Å². The first-order valence-corrected chi connectivity index (χ1v) is 14.2. The van der Waals surface area contributed by atoms with Crippen LogP contribution in [-0.4, -0.2) is 79.1 Å². The Labute approximate surface area is 234 Å². The van der Waals surface area contributed by atoms with Gasteiger partial charge in [-0.2, -0.15) is 15.1 Å². The summed E-state index contributed by atoms with van der Waals surface area (Å²) in [4.78, 5) is 24.5. The zero-order valence-corrected chi connectivity index (χ0v) is 23.6. The summed E-state index contributed by atoms with van der Waals surface area (Å²) >= 11 is 0. The molecule has 0 bridgehead atoms. The minimum absolute atomic E-state index is 0.0413. The van der Waals surface area contributed by atoms with Gasteiger partial charge in [0, 0.05) is 0 Å². The summed E-state index contributed by atoms with van der Waals surface area (Å²) in [5.74, 6) is -3.89. The van der Waals surface area contributed by atoms with Crippen molar-refractivity contribution in [3.8, 4) is 11.6 Å². The number of anilines is 1. The second kappa shape index (κ2) is 12.2. The standard InChI is InChI=1S/C24H32FN6O9P/c1-5-36-20-16-19(28-23(26)29-20)31(12-27-16)21-17(32)18(33)24(25,39-21)11-37-41(35,40-15-9-7-6-8-10-15)30-14(4)22(34)38-13(2)3/h6-10,12-14,17-18,21,32-33H,5,11H2,1-4H3,(H,30,35)(H2,26,28,29)/t14-,17?,18+,21?,24-,41-/m1/s1. The first-order valence-electron chi connectivity index (χ1n) is 12.7. The molecule has 1 fully saturated rings. The van der Waals surface area contributed by atoms with Gasteiger partial charge in [0.1, 0.15) is 30.6 Å². The van der Waals surface area contributed by atoms with Gasteiger partial charge < -0.3 is 34.7 Å². The zero-order valence-electron chi connectivity index (χ0n) is 22.7. The molecule has 15 nitrogen and oxygen atoms in total. The van der Waals surface area contributed by atoms with Crippen LogP contribution in [0, 0.1) is 0 Å². The Kier molecular flexibility index (Phi) is 9.11. The Balaban J connectivity index is 1.57. The van der Waals surface area contributed by atoms with E-state index in [1.54, 1.807) is 39.0 Å². The minimum Gasteiger partial charge on any atom is -0.476 e. The van der Waals surface area contributed by atoms with E-state index in [0.29, 0.717) is 0 Å². The Hall–Kier alpha value is -3.40. The maximum Gasteiger partial charge on any atom is 0.459 e. The van der Waals surface area contributed by atoms with Crippen molar-refractivity contribution in [3.63, 3.8) is 0 Å². The number of carbonyl (C=O) groups excluding carboxylic acids is 1. The SMILES string of the molecule is CCOc1nc(N)nc2c1ncn2C1O[C@](F)(CO[P@](=O)(N[C@H](C)C(=O)OC(C)C)Oc2ccccc2)[C@@H](O)C1O. The summed E-state index contributed by atoms with van der Waals surface area (Å²) in [6, 6.07) is 6.62. The van der Waals surface area contributed by atoms with Gasteiger partial charge in [-0.05, 0) is 39.8 Å². The molecule has 5 N–H and O–H groups in total. The number of fused-ring (bicyclic) bond motifs is 1. The number of halogens is 1. The Morgan fingerprint density at radius 2 is 1.98 bits per heavy atom. The molecule has 1 saturated heterocycles. The third kappa shape index (κ3) is 6.74. The largest absolute Gasteiger partial charge is 0.476 e. The fourth-order valence-electron chi connectivity index (χ4n) is 3.93. The van der Waals surface area contributed by atoms with Crippen molar-refractivity contribution in [2.24, 2.45) is 0 Å². The van der Waals surface area contributed by atoms with E-state index >= 15 is 4.39 Å². The highest BCUT2D eigenvalue weighted by Crippen LogP contribution is 2.48. The van der Waals surface area contributed by atoms with Crippen LogP contribution in [0.4, 0.5) is 10.3 Å². The Morgan fingerprint density at radius 3 is 2.63 bits per heavy atom. The predicted molar refractivity (Wildman–Crippen MR) is 141 cm³/mol. The van der Waals surface area contributed by atoms with Gasteiger partial charge in [0.25, 0.3) is 5.85 Å². The van der Waals surface area contributed by atoms with E-state index < -0.39 is 56.8 Å². The molecule has 6 atom stereocenters. The molecule has 17 heteroatoms. The number of aromatic nitrogens is 4. The number of imidazole rings is 1. The van der Waals surface area contributed by atoms with Crippen molar-refractivity contribution in [1.82, 2.24) is 24.6 Å². The molecule has 2 aromatic heterocycles. The number of aliphatic hydroxyl groups is 2. The topological polar surface area (TPSA) is 202 Å². The van der Waals surface area contributed by atoms with Crippen LogP contribution < -0.4 is 20.1 Å². The number of esters is 1. The number of rotatable bonds is 12. The van der Waals surface area contributed by atoms with Gasteiger partial charge in [-0.3, -0.25) is 13.9 Å². The van der Waals surface area contributed by atoms with Crippen LogP contribution in [0.15, 0.2) is 36.7 Å². The van der Waals surface area contributed by atoms with Gasteiger partial charge in [-0.25, -0.2) is 13.9 Å². The lowest BCUT2D eigenvalue weighted by Gasteiger charge is -2.27. The predicted octanol–water partition coefficient (Wildman–Crippen LogP) is 1.86. The van der Waals surface area contributed by atoms with Crippen molar-refractivity contribution >= 4 is 30.8 Å². The summed E-state index contributed by atoms with van der Waals surface area (Å²) in [5.41, 5.74) is 5.97. The molecule has 1 aliphatic heterocycles. The molecule has 0 aliphatic carbocycles. The number of para-hydroxylation sites is 1. The summed E-state index contributed by atoms with van der Waals surface area (Å²) in [6.07, 6.45) is -4.86. The molecule has 1 aliphatic rings. The molecule has 4 rings (SSSR count). The summed E-state index contributed by atoms with van der Waals surface area (Å²) in [6.45, 7) is 5.42. The molecule has 2 unspecified atom stereocenters. The number of carbonyl (C=O) groups is 1. The summed E-state index contributed by atoms with van der Waals surface area (Å²) < 4.78 is 57.7. The smallest absolute Gasteiger partial charge is 0.459 e. The molecule has 224 valence electrons. The normalized spacial score (nSPS) is 24.7. The number of nitrogens with two attached hydrogens (primary N) is 1. The minimum atomic E-state index is -4.51. The van der Waals surface area contributed by atoms with Crippen LogP contribution in [0.25, 0.3) is 11.2 Å². The number of benzene rings is 1. The number of nitrogen functional groups attached to an aromatic ring is 1. The zero-order chi connectivity index (χ0) is 29.9. The maximum absolute atomic E-state index is 16.0. The van der Waals surface area contributed by atoms with Crippen molar-refractivity contribution in [3.05, 3.63) is 36.7 Å². The van der Waals surface area contributed by atoms with Gasteiger partial charge in [-0.1, -0.05) is 18.2 Å². The number of nitrogens with one attached hydrogen (secondary N) is 1. The number of alkyl halides is 1. The molecule has 41 heavy (non-hydrogen) atoms. The monoisotopic (exact) mass is 598 g/mol. The number of hydrogen-bond acceptors (Lipinski definition) is 13. The van der Waals surface area contributed by atoms with Crippen LogP contribution in [-0.2, 0) is 23.4 Å². The highest BCUT2D eigenvalue weighted by molar-refractivity contribution is 7.52. The molecule has 0 saturated carbocycles. The van der Waals surface area contributed by atoms with Crippen molar-refractivity contribution < 1.29 is 47.2 Å². The van der Waals surface area contributed by atoms with Crippen molar-refractivity contribution in [1.29, 1.82) is 0 Å². The summed E-state index contributed by atoms with van der Waals surface area (Å²) in [5, 5.41) is 23.8. The molecule has 3 heterocycles. The van der Waals surface area contributed by atoms with Gasteiger partial charge in [-0.15, -0.1) is 0 Å². The molecule has 0 radical (unpaired) electrons. The van der Waals surface area contributed by atoms with Gasteiger partial charge in [0.2, 0.25) is 11.8 Å². The fourth-order valence-corrected chi connectivity index (χ4v) is 5.43. The molecule has 3 aromatic rings. The van der Waals surface area contributed by atoms with Crippen LogP contribution in [0.2, 0.25) is 0 Å². The fraction of sp³-hybridized carbons (Fsp3) is 0.500. The van der Waals surface area contributed by atoms with Crippen molar-refractivity contribution in [2.75, 3.05) is 18.9 Å². The van der Waals surface area contributed by atoms with Gasteiger partial charge >= 0.3 is 13.7 Å². The summed E-state index contributed by atoms with van der Waals surface area (Å²) in [7, 11) is -4.51. The first-order chi connectivity index (χ1) is 19.4. The van der Waals surface area contributed by atoms with Gasteiger partial charge in [0.15, 0.2) is 17.4 Å². The number of hydrogen-bond donors (Lipinski definition) is 4. The molecular formula is C24H32FN6O9P. The Bertz CT molecular complexity index is 1410. The first kappa shape index (κ1) is 30.6. The lowest BCUT2D eigenvalue weighted by molar-refractivity contribution is -0.202. The van der Waals surface area contributed by atoms with E-state index in [2.05, 4.69) is 20.0 Å². The second-order valence-electron chi connectivity index (χ2n) is 9.39. The number of ether oxygens (including phenoxy) is 3. The van der Waals surface area contributed by atoms with E-state index in [4.69, 9.17) is 29.0 Å². The molecule has 0 amide bonds. The van der Waals surface area contributed by atoms with E-state index in [9.17, 15) is 19.6 Å². The number of aliphatic hydroxyl groups excluding tert-OH is 2. The van der Waals surface area contributed by atoms with Crippen LogP contribution >= 0.6 is 7.75 Å². The van der Waals surface area contributed by atoms with Gasteiger partial charge in [0.05, 0.1) is 19.0 Å².